The second-order valence-electron chi connectivity index (χ2n) is 4.56. The molecule has 9 heteroatoms. The molecule has 1 heterocycles. The van der Waals surface area contributed by atoms with Gasteiger partial charge in [0, 0.05) is 29.9 Å². The predicted octanol–water partition coefficient (Wildman–Crippen LogP) is 1.80. The predicted molar refractivity (Wildman–Crippen MR) is 70.7 cm³/mol. The Morgan fingerprint density at radius 3 is 2.48 bits per heavy atom. The van der Waals surface area contributed by atoms with Crippen molar-refractivity contribution in [3.05, 3.63) is 29.3 Å². The van der Waals surface area contributed by atoms with Gasteiger partial charge in [0.2, 0.25) is 0 Å². The van der Waals surface area contributed by atoms with Crippen LogP contribution in [0, 0.1) is 11.6 Å². The lowest BCUT2D eigenvalue weighted by atomic mass is 10.1. The normalized spacial score (nSPS) is 16.7. The molecule has 0 spiro atoms. The van der Waals surface area contributed by atoms with Crippen molar-refractivity contribution in [1.29, 1.82) is 0 Å². The lowest BCUT2D eigenvalue weighted by Crippen LogP contribution is -2.39. The van der Waals surface area contributed by atoms with Gasteiger partial charge in [-0.3, -0.25) is 4.79 Å². The van der Waals surface area contributed by atoms with Gasteiger partial charge in [-0.25, -0.2) is 17.2 Å². The van der Waals surface area contributed by atoms with Crippen LogP contribution >= 0.6 is 10.7 Å². The molecule has 0 aliphatic carbocycles. The SMILES string of the molecule is O=C(NC1CCOCC1)c1cc(F)cc(S(=O)(=O)Cl)c1F. The molecule has 1 saturated heterocycles. The van der Waals surface area contributed by atoms with Gasteiger partial charge in [-0.2, -0.15) is 0 Å². The second kappa shape index (κ2) is 6.25. The van der Waals surface area contributed by atoms with Gasteiger partial charge in [0.05, 0.1) is 5.56 Å². The van der Waals surface area contributed by atoms with E-state index in [0.717, 1.165) is 0 Å². The summed E-state index contributed by atoms with van der Waals surface area (Å²) in [5.41, 5.74) is -0.694. The third-order valence-corrected chi connectivity index (χ3v) is 4.39. The van der Waals surface area contributed by atoms with Crippen molar-refractivity contribution in [2.45, 2.75) is 23.8 Å². The Hall–Kier alpha value is -1.25. The average Bonchev–Trinajstić information content (AvgIpc) is 2.40. The summed E-state index contributed by atoms with van der Waals surface area (Å²) in [6.07, 6.45) is 1.09. The topological polar surface area (TPSA) is 72.5 Å². The Morgan fingerprint density at radius 1 is 1.29 bits per heavy atom. The van der Waals surface area contributed by atoms with Crippen LogP contribution in [0.1, 0.15) is 23.2 Å². The van der Waals surface area contributed by atoms with E-state index in [-0.39, 0.29) is 6.04 Å². The number of rotatable bonds is 3. The van der Waals surface area contributed by atoms with Gasteiger partial charge in [-0.1, -0.05) is 0 Å². The summed E-state index contributed by atoms with van der Waals surface area (Å²) in [6.45, 7) is 0.912. The van der Waals surface area contributed by atoms with E-state index in [4.69, 9.17) is 15.4 Å². The molecule has 1 amide bonds. The maximum Gasteiger partial charge on any atom is 0.264 e. The number of carbonyl (C=O) groups is 1. The summed E-state index contributed by atoms with van der Waals surface area (Å²) in [7, 11) is 0.534. The van der Waals surface area contributed by atoms with Crippen molar-refractivity contribution in [2.24, 2.45) is 0 Å². The molecule has 0 aromatic heterocycles. The Kier molecular flexibility index (Phi) is 4.80. The molecule has 0 radical (unpaired) electrons. The monoisotopic (exact) mass is 339 g/mol. The van der Waals surface area contributed by atoms with Gasteiger partial charge in [0.1, 0.15) is 10.7 Å². The van der Waals surface area contributed by atoms with Crippen molar-refractivity contribution in [1.82, 2.24) is 5.32 Å². The van der Waals surface area contributed by atoms with Crippen LogP contribution < -0.4 is 5.32 Å². The summed E-state index contributed by atoms with van der Waals surface area (Å²) in [5.74, 6) is -3.32. The van der Waals surface area contributed by atoms with E-state index in [1.807, 2.05) is 0 Å². The highest BCUT2D eigenvalue weighted by atomic mass is 35.7. The maximum absolute atomic E-state index is 14.0. The highest BCUT2D eigenvalue weighted by Gasteiger charge is 2.26. The van der Waals surface area contributed by atoms with Crippen LogP contribution in [0.2, 0.25) is 0 Å². The quantitative estimate of drug-likeness (QED) is 0.852. The molecule has 1 aliphatic rings. The van der Waals surface area contributed by atoms with Gasteiger partial charge in [0.25, 0.3) is 15.0 Å². The van der Waals surface area contributed by atoms with E-state index >= 15 is 0 Å². The first-order valence-electron chi connectivity index (χ1n) is 6.11. The lowest BCUT2D eigenvalue weighted by molar-refractivity contribution is 0.0694. The van der Waals surface area contributed by atoms with Crippen molar-refractivity contribution in [3.8, 4) is 0 Å². The van der Waals surface area contributed by atoms with Gasteiger partial charge in [-0.15, -0.1) is 0 Å². The zero-order chi connectivity index (χ0) is 15.6. The second-order valence-corrected chi connectivity index (χ2v) is 7.10. The van der Waals surface area contributed by atoms with E-state index in [9.17, 15) is 22.0 Å². The zero-order valence-corrected chi connectivity index (χ0v) is 12.3. The summed E-state index contributed by atoms with van der Waals surface area (Å²) >= 11 is 0. The molecule has 1 aromatic rings. The van der Waals surface area contributed by atoms with Crippen LogP contribution in [0.15, 0.2) is 17.0 Å². The average molecular weight is 340 g/mol. The fourth-order valence-corrected chi connectivity index (χ4v) is 2.93. The Labute approximate surface area is 124 Å². The van der Waals surface area contributed by atoms with Gasteiger partial charge in [0.15, 0.2) is 5.82 Å². The number of hydrogen-bond acceptors (Lipinski definition) is 4. The molecule has 0 unspecified atom stereocenters. The first-order chi connectivity index (χ1) is 9.79. The molecular weight excluding hydrogens is 328 g/mol. The van der Waals surface area contributed by atoms with E-state index in [1.165, 1.54) is 0 Å². The van der Waals surface area contributed by atoms with Crippen molar-refractivity contribution >= 4 is 25.6 Å². The van der Waals surface area contributed by atoms with E-state index in [1.54, 1.807) is 0 Å². The van der Waals surface area contributed by atoms with Crippen LogP contribution in [0.5, 0.6) is 0 Å². The molecular formula is C12H12ClF2NO4S. The standard InChI is InChI=1S/C12H12ClF2NO4S/c13-21(18,19)10-6-7(14)5-9(11(10)15)12(17)16-8-1-3-20-4-2-8/h5-6,8H,1-4H2,(H,16,17). The van der Waals surface area contributed by atoms with Crippen LogP contribution in [0.3, 0.4) is 0 Å². The third-order valence-electron chi connectivity index (χ3n) is 3.07. The number of hydrogen-bond donors (Lipinski definition) is 1. The first-order valence-corrected chi connectivity index (χ1v) is 8.42. The van der Waals surface area contributed by atoms with E-state index in [0.29, 0.717) is 38.2 Å². The molecule has 5 nitrogen and oxygen atoms in total. The Bertz CT molecular complexity index is 659. The van der Waals surface area contributed by atoms with E-state index in [2.05, 4.69) is 5.32 Å². The summed E-state index contributed by atoms with van der Waals surface area (Å²) in [5, 5.41) is 2.52. The van der Waals surface area contributed by atoms with Crippen LogP contribution in [-0.4, -0.2) is 33.6 Å². The molecule has 1 N–H and O–H groups in total. The highest BCUT2D eigenvalue weighted by molar-refractivity contribution is 8.13. The summed E-state index contributed by atoms with van der Waals surface area (Å²) in [4.78, 5) is 10.9. The number of nitrogens with one attached hydrogen (secondary N) is 1. The minimum Gasteiger partial charge on any atom is -0.381 e. The molecule has 2 rings (SSSR count). The smallest absolute Gasteiger partial charge is 0.264 e. The fourth-order valence-electron chi connectivity index (χ4n) is 2.01. The maximum atomic E-state index is 14.0. The van der Waals surface area contributed by atoms with Gasteiger partial charge in [-0.05, 0) is 25.0 Å². The van der Waals surface area contributed by atoms with Crippen molar-refractivity contribution in [2.75, 3.05) is 13.2 Å². The number of ether oxygens (including phenoxy) is 1. The molecule has 1 aliphatic heterocycles. The van der Waals surface area contributed by atoms with Crippen LogP contribution in [-0.2, 0) is 13.8 Å². The van der Waals surface area contributed by atoms with Crippen molar-refractivity contribution in [3.63, 3.8) is 0 Å². The van der Waals surface area contributed by atoms with Crippen LogP contribution in [0.4, 0.5) is 8.78 Å². The molecule has 1 aromatic carbocycles. The van der Waals surface area contributed by atoms with E-state index < -0.39 is 37.1 Å². The number of benzene rings is 1. The van der Waals surface area contributed by atoms with Gasteiger partial charge < -0.3 is 10.1 Å². The number of amides is 1. The molecule has 21 heavy (non-hydrogen) atoms. The molecule has 0 bridgehead atoms. The molecule has 116 valence electrons. The lowest BCUT2D eigenvalue weighted by Gasteiger charge is -2.23. The van der Waals surface area contributed by atoms with Gasteiger partial charge >= 0.3 is 0 Å². The Morgan fingerprint density at radius 2 is 1.90 bits per heavy atom. The largest absolute Gasteiger partial charge is 0.381 e. The molecule has 0 atom stereocenters. The molecule has 1 fully saturated rings. The highest BCUT2D eigenvalue weighted by Crippen LogP contribution is 2.23. The fraction of sp³-hybridized carbons (Fsp3) is 0.417. The number of halogens is 3. The van der Waals surface area contributed by atoms with Crippen LogP contribution in [0.25, 0.3) is 0 Å². The van der Waals surface area contributed by atoms with Crippen molar-refractivity contribution < 1.29 is 26.7 Å². The molecule has 0 saturated carbocycles. The Balaban J connectivity index is 2.30. The zero-order valence-electron chi connectivity index (χ0n) is 10.7. The minimum atomic E-state index is -4.49. The summed E-state index contributed by atoms with van der Waals surface area (Å²) < 4.78 is 54.9. The summed E-state index contributed by atoms with van der Waals surface area (Å²) in [6, 6.07) is 0.836. The minimum absolute atomic E-state index is 0.232. The first kappa shape index (κ1) is 16.1. The number of carbonyl (C=O) groups excluding carboxylic acids is 1. The third kappa shape index (κ3) is 3.90.